The van der Waals surface area contributed by atoms with Crippen LogP contribution in [0.2, 0.25) is 5.02 Å². The van der Waals surface area contributed by atoms with Gasteiger partial charge in [-0.25, -0.2) is 18.0 Å². The molecule has 0 radical (unpaired) electrons. The predicted octanol–water partition coefficient (Wildman–Crippen LogP) is 4.75. The molecule has 27 heavy (non-hydrogen) atoms. The Morgan fingerprint density at radius 1 is 1.19 bits per heavy atom. The fourth-order valence-corrected chi connectivity index (χ4v) is 3.05. The second-order valence-electron chi connectivity index (χ2n) is 6.25. The molecule has 142 valence electrons. The second-order valence-corrected chi connectivity index (χ2v) is 6.66. The first kappa shape index (κ1) is 19.1. The highest BCUT2D eigenvalue weighted by atomic mass is 35.5. The van der Waals surface area contributed by atoms with Crippen LogP contribution in [0, 0.1) is 17.5 Å². The molecule has 1 atom stereocenters. The van der Waals surface area contributed by atoms with Crippen molar-refractivity contribution in [2.24, 2.45) is 0 Å². The Balaban J connectivity index is 1.80. The summed E-state index contributed by atoms with van der Waals surface area (Å²) in [5.41, 5.74) is 2.14. The lowest BCUT2D eigenvalue weighted by Crippen LogP contribution is -2.40. The summed E-state index contributed by atoms with van der Waals surface area (Å²) in [6.07, 6.45) is 1.68. The largest absolute Gasteiger partial charge is 0.386 e. The van der Waals surface area contributed by atoms with Gasteiger partial charge in [0.25, 0.3) is 0 Å². The van der Waals surface area contributed by atoms with Gasteiger partial charge in [0.2, 0.25) is 0 Å². The van der Waals surface area contributed by atoms with Crippen molar-refractivity contribution in [3.8, 4) is 0 Å². The highest BCUT2D eigenvalue weighted by Gasteiger charge is 2.25. The number of carbonyl (C=O) groups is 1. The Kier molecular flexibility index (Phi) is 5.32. The maximum atomic E-state index is 13.7. The summed E-state index contributed by atoms with van der Waals surface area (Å²) >= 11 is 5.72. The summed E-state index contributed by atoms with van der Waals surface area (Å²) < 4.78 is 40.4. The van der Waals surface area contributed by atoms with Gasteiger partial charge in [-0.2, -0.15) is 0 Å². The second kappa shape index (κ2) is 7.52. The van der Waals surface area contributed by atoms with Gasteiger partial charge < -0.3 is 15.5 Å². The molecule has 0 aromatic heterocycles. The van der Waals surface area contributed by atoms with Crippen LogP contribution in [0.1, 0.15) is 18.1 Å². The summed E-state index contributed by atoms with van der Waals surface area (Å²) in [6, 6.07) is 5.24. The lowest BCUT2D eigenvalue weighted by Gasteiger charge is -2.30. The molecule has 2 N–H and O–H groups in total. The lowest BCUT2D eigenvalue weighted by molar-refractivity contribution is 0.217. The molecule has 2 aromatic carbocycles. The van der Waals surface area contributed by atoms with Crippen LogP contribution in [0.5, 0.6) is 0 Å². The molecule has 2 aromatic rings. The van der Waals surface area contributed by atoms with Gasteiger partial charge in [-0.3, -0.25) is 0 Å². The van der Waals surface area contributed by atoms with E-state index in [1.165, 1.54) is 17.0 Å². The number of amides is 2. The number of carbonyl (C=O) groups excluding carboxylic acids is 1. The van der Waals surface area contributed by atoms with E-state index in [1.807, 2.05) is 0 Å². The summed E-state index contributed by atoms with van der Waals surface area (Å²) in [6.45, 7) is 2.13. The van der Waals surface area contributed by atoms with Gasteiger partial charge in [-0.15, -0.1) is 0 Å². The van der Waals surface area contributed by atoms with Crippen LogP contribution in [-0.4, -0.2) is 24.0 Å². The molecule has 0 aliphatic carbocycles. The minimum absolute atomic E-state index is 0.103. The van der Waals surface area contributed by atoms with Gasteiger partial charge in [0.15, 0.2) is 11.6 Å². The van der Waals surface area contributed by atoms with E-state index in [-0.39, 0.29) is 5.02 Å². The van der Waals surface area contributed by atoms with Crippen LogP contribution in [0.4, 0.5) is 23.7 Å². The average molecular weight is 396 g/mol. The lowest BCUT2D eigenvalue weighted by atomic mass is 9.92. The van der Waals surface area contributed by atoms with Crippen molar-refractivity contribution in [2.45, 2.75) is 19.5 Å². The van der Waals surface area contributed by atoms with Crippen molar-refractivity contribution in [3.05, 3.63) is 70.1 Å². The molecule has 0 bridgehead atoms. The summed E-state index contributed by atoms with van der Waals surface area (Å²) in [5, 5.41) is 5.53. The molecule has 4 nitrogen and oxygen atoms in total. The third kappa shape index (κ3) is 3.88. The van der Waals surface area contributed by atoms with Crippen LogP contribution >= 0.6 is 11.6 Å². The van der Waals surface area contributed by atoms with Crippen molar-refractivity contribution >= 4 is 28.9 Å². The highest BCUT2D eigenvalue weighted by molar-refractivity contribution is 6.31. The topological polar surface area (TPSA) is 44.4 Å². The van der Waals surface area contributed by atoms with Crippen molar-refractivity contribution in [2.75, 3.05) is 12.4 Å². The van der Waals surface area contributed by atoms with E-state index in [0.717, 1.165) is 18.2 Å². The summed E-state index contributed by atoms with van der Waals surface area (Å²) in [5.74, 6) is -2.44. The zero-order valence-electron chi connectivity index (χ0n) is 14.6. The first-order valence-corrected chi connectivity index (χ1v) is 8.56. The van der Waals surface area contributed by atoms with Crippen LogP contribution in [0.3, 0.4) is 0 Å². The number of hydrogen-bond donors (Lipinski definition) is 2. The molecule has 1 heterocycles. The van der Waals surface area contributed by atoms with E-state index >= 15 is 0 Å². The molecular formula is C19H17ClF3N3O. The number of hydrogen-bond acceptors (Lipinski definition) is 2. The van der Waals surface area contributed by atoms with Gasteiger partial charge in [-0.05, 0) is 54.0 Å². The minimum Gasteiger partial charge on any atom is -0.386 e. The molecule has 2 amide bonds. The van der Waals surface area contributed by atoms with Gasteiger partial charge >= 0.3 is 6.03 Å². The standard InChI is InChI=1S/C19H17ClF3N3O/c1-10(14-9-24-8-11-5-17(22)18(23)7-13(11)14)26(2)19(27)25-12-3-4-16(21)15(20)6-12/h3-7,9-10,24H,8H2,1-2H3,(H,25,27). The number of nitrogens with one attached hydrogen (secondary N) is 2. The molecule has 0 fully saturated rings. The average Bonchev–Trinajstić information content (AvgIpc) is 2.64. The third-order valence-electron chi connectivity index (χ3n) is 4.53. The van der Waals surface area contributed by atoms with Gasteiger partial charge in [-0.1, -0.05) is 11.6 Å². The van der Waals surface area contributed by atoms with E-state index in [4.69, 9.17) is 11.6 Å². The molecule has 1 aliphatic heterocycles. The molecule has 1 unspecified atom stereocenters. The maximum Gasteiger partial charge on any atom is 0.322 e. The first-order chi connectivity index (χ1) is 12.8. The number of halogens is 4. The third-order valence-corrected chi connectivity index (χ3v) is 4.82. The number of fused-ring (bicyclic) bond motifs is 1. The Bertz CT molecular complexity index is 933. The smallest absolute Gasteiger partial charge is 0.322 e. The molecule has 1 aliphatic rings. The van der Waals surface area contributed by atoms with Crippen LogP contribution < -0.4 is 10.6 Å². The maximum absolute atomic E-state index is 13.7. The zero-order chi connectivity index (χ0) is 19.7. The number of nitrogens with zero attached hydrogens (tertiary/aromatic N) is 1. The van der Waals surface area contributed by atoms with E-state index in [1.54, 1.807) is 20.2 Å². The summed E-state index contributed by atoms with van der Waals surface area (Å²) in [4.78, 5) is 13.9. The van der Waals surface area contributed by atoms with Crippen LogP contribution in [0.25, 0.3) is 5.57 Å². The van der Waals surface area contributed by atoms with E-state index in [0.29, 0.717) is 28.9 Å². The SMILES string of the molecule is CC(C1=CNCc2cc(F)c(F)cc21)N(C)C(=O)Nc1ccc(F)c(Cl)c1. The molecule has 8 heteroatoms. The quantitative estimate of drug-likeness (QED) is 0.787. The fourth-order valence-electron chi connectivity index (χ4n) is 2.87. The zero-order valence-corrected chi connectivity index (χ0v) is 15.4. The molecule has 0 saturated heterocycles. The normalized spacial score (nSPS) is 13.9. The Labute approximate surface area is 159 Å². The van der Waals surface area contributed by atoms with E-state index in [9.17, 15) is 18.0 Å². The Morgan fingerprint density at radius 3 is 2.59 bits per heavy atom. The number of benzene rings is 2. The number of likely N-dealkylation sites (N-methyl/N-ethyl adjacent to an activating group) is 1. The van der Waals surface area contributed by atoms with Gasteiger partial charge in [0, 0.05) is 25.5 Å². The number of rotatable bonds is 3. The Hall–Kier alpha value is -2.67. The number of anilines is 1. The fraction of sp³-hybridized carbons (Fsp3) is 0.211. The first-order valence-electron chi connectivity index (χ1n) is 8.18. The van der Waals surface area contributed by atoms with Crippen LogP contribution in [-0.2, 0) is 6.54 Å². The van der Waals surface area contributed by atoms with E-state index < -0.39 is 29.5 Å². The van der Waals surface area contributed by atoms with E-state index in [2.05, 4.69) is 10.6 Å². The minimum atomic E-state index is -0.943. The number of urea groups is 1. The molecular weight excluding hydrogens is 379 g/mol. The van der Waals surface area contributed by atoms with Gasteiger partial charge in [0.1, 0.15) is 5.82 Å². The van der Waals surface area contributed by atoms with Crippen molar-refractivity contribution in [3.63, 3.8) is 0 Å². The Morgan fingerprint density at radius 2 is 1.89 bits per heavy atom. The molecule has 3 rings (SSSR count). The highest BCUT2D eigenvalue weighted by Crippen LogP contribution is 2.30. The molecule has 0 spiro atoms. The van der Waals surface area contributed by atoms with Gasteiger partial charge in [0.05, 0.1) is 11.1 Å². The molecule has 0 saturated carbocycles. The predicted molar refractivity (Wildman–Crippen MR) is 98.8 cm³/mol. The van der Waals surface area contributed by atoms with Crippen molar-refractivity contribution < 1.29 is 18.0 Å². The van der Waals surface area contributed by atoms with Crippen molar-refractivity contribution in [1.82, 2.24) is 10.2 Å². The van der Waals surface area contributed by atoms with Crippen LogP contribution in [0.15, 0.2) is 36.5 Å². The monoisotopic (exact) mass is 395 g/mol. The van der Waals surface area contributed by atoms with Crippen molar-refractivity contribution in [1.29, 1.82) is 0 Å². The summed E-state index contributed by atoms with van der Waals surface area (Å²) in [7, 11) is 1.57.